The first-order valence-corrected chi connectivity index (χ1v) is 9.05. The maximum absolute atomic E-state index is 12.9. The summed E-state index contributed by atoms with van der Waals surface area (Å²) in [4.78, 5) is 34.7. The molecule has 0 spiro atoms. The zero-order valence-corrected chi connectivity index (χ0v) is 15.4. The molecule has 1 N–H and O–H groups in total. The molecule has 0 saturated heterocycles. The molecule has 0 saturated carbocycles. The van der Waals surface area contributed by atoms with Crippen LogP contribution in [-0.2, 0) is 11.3 Å². The molecule has 0 atom stereocenters. The van der Waals surface area contributed by atoms with Crippen LogP contribution in [0.4, 0.5) is 10.1 Å². The smallest absolute Gasteiger partial charge is 0.271 e. The van der Waals surface area contributed by atoms with Crippen LogP contribution in [0.3, 0.4) is 0 Å². The van der Waals surface area contributed by atoms with Crippen molar-refractivity contribution < 1.29 is 9.18 Å². The molecule has 136 valence electrons. The van der Waals surface area contributed by atoms with Gasteiger partial charge in [0.05, 0.1) is 11.8 Å². The molecule has 8 heteroatoms. The van der Waals surface area contributed by atoms with Crippen molar-refractivity contribution in [1.82, 2.24) is 14.5 Å². The number of pyridine rings is 1. The van der Waals surface area contributed by atoms with Crippen LogP contribution in [0.5, 0.6) is 0 Å². The first-order chi connectivity index (χ1) is 12.9. The van der Waals surface area contributed by atoms with Gasteiger partial charge in [-0.25, -0.2) is 14.4 Å². The molecule has 0 aliphatic rings. The van der Waals surface area contributed by atoms with Gasteiger partial charge in [0.2, 0.25) is 5.91 Å². The summed E-state index contributed by atoms with van der Waals surface area (Å²) in [6, 6.07) is 7.38. The molecule has 4 aromatic rings. The van der Waals surface area contributed by atoms with Crippen molar-refractivity contribution in [2.45, 2.75) is 20.4 Å². The lowest BCUT2D eigenvalue weighted by Gasteiger charge is -2.07. The van der Waals surface area contributed by atoms with Crippen molar-refractivity contribution in [3.63, 3.8) is 0 Å². The van der Waals surface area contributed by atoms with E-state index < -0.39 is 5.91 Å². The van der Waals surface area contributed by atoms with E-state index >= 15 is 0 Å². The summed E-state index contributed by atoms with van der Waals surface area (Å²) in [7, 11) is 0. The van der Waals surface area contributed by atoms with Crippen LogP contribution in [0.1, 0.15) is 11.3 Å². The minimum Gasteiger partial charge on any atom is -0.325 e. The Hall–Kier alpha value is -3.13. The quantitative estimate of drug-likeness (QED) is 0.589. The second kappa shape index (κ2) is 6.55. The van der Waals surface area contributed by atoms with E-state index in [0.29, 0.717) is 15.9 Å². The predicted octanol–water partition coefficient (Wildman–Crippen LogP) is 3.40. The van der Waals surface area contributed by atoms with Crippen LogP contribution >= 0.6 is 11.3 Å². The third-order valence-electron chi connectivity index (χ3n) is 4.19. The van der Waals surface area contributed by atoms with Crippen molar-refractivity contribution in [3.8, 4) is 0 Å². The lowest BCUT2D eigenvalue weighted by Crippen LogP contribution is -2.27. The molecule has 0 aliphatic carbocycles. The summed E-state index contributed by atoms with van der Waals surface area (Å²) in [5, 5.41) is 3.51. The molecule has 4 rings (SSSR count). The fraction of sp³-hybridized carbons (Fsp3) is 0.158. The molecule has 0 bridgehead atoms. The number of rotatable bonds is 3. The number of anilines is 1. The summed E-state index contributed by atoms with van der Waals surface area (Å²) in [5.41, 5.74) is 2.68. The number of carbonyl (C=O) groups excluding carboxylic acids is 1. The van der Waals surface area contributed by atoms with E-state index in [9.17, 15) is 14.0 Å². The topological polar surface area (TPSA) is 76.9 Å². The van der Waals surface area contributed by atoms with Gasteiger partial charge in [0.1, 0.15) is 21.9 Å². The Kier molecular flexibility index (Phi) is 4.19. The molecule has 0 radical (unpaired) electrons. The molecule has 3 aromatic heterocycles. The molecule has 3 heterocycles. The van der Waals surface area contributed by atoms with Crippen molar-refractivity contribution in [2.24, 2.45) is 0 Å². The summed E-state index contributed by atoms with van der Waals surface area (Å²) < 4.78 is 14.7. The highest BCUT2D eigenvalue weighted by Crippen LogP contribution is 2.31. The average molecular weight is 382 g/mol. The molecular weight excluding hydrogens is 367 g/mol. The van der Waals surface area contributed by atoms with Crippen LogP contribution < -0.4 is 10.9 Å². The van der Waals surface area contributed by atoms with E-state index in [1.807, 2.05) is 19.9 Å². The Morgan fingerprint density at radius 3 is 2.74 bits per heavy atom. The Labute approximate surface area is 157 Å². The van der Waals surface area contributed by atoms with Crippen molar-refractivity contribution in [3.05, 3.63) is 64.1 Å². The number of carbonyl (C=O) groups is 1. The fourth-order valence-corrected chi connectivity index (χ4v) is 4.20. The number of aromatic nitrogens is 3. The zero-order chi connectivity index (χ0) is 19.1. The Morgan fingerprint density at radius 1 is 1.26 bits per heavy atom. The maximum Gasteiger partial charge on any atom is 0.271 e. The fourth-order valence-electron chi connectivity index (χ4n) is 3.00. The Balaban J connectivity index is 1.68. The molecule has 1 amide bonds. The van der Waals surface area contributed by atoms with Crippen molar-refractivity contribution >= 4 is 43.4 Å². The van der Waals surface area contributed by atoms with Crippen molar-refractivity contribution in [2.75, 3.05) is 5.32 Å². The van der Waals surface area contributed by atoms with E-state index in [-0.39, 0.29) is 17.9 Å². The molecule has 0 fully saturated rings. The van der Waals surface area contributed by atoms with Crippen LogP contribution in [-0.4, -0.2) is 20.4 Å². The van der Waals surface area contributed by atoms with Gasteiger partial charge in [0, 0.05) is 16.8 Å². The lowest BCUT2D eigenvalue weighted by atomic mass is 10.1. The van der Waals surface area contributed by atoms with Gasteiger partial charge in [-0.05, 0) is 49.7 Å². The summed E-state index contributed by atoms with van der Waals surface area (Å²) in [6.07, 6.45) is 1.38. The van der Waals surface area contributed by atoms with Gasteiger partial charge in [0.25, 0.3) is 5.56 Å². The third kappa shape index (κ3) is 3.19. The van der Waals surface area contributed by atoms with Gasteiger partial charge in [-0.3, -0.25) is 14.2 Å². The van der Waals surface area contributed by atoms with Gasteiger partial charge in [-0.2, -0.15) is 0 Å². The number of hydrogen-bond acceptors (Lipinski definition) is 5. The molecular formula is C19H15FN4O2S. The number of benzene rings is 1. The standard InChI is InChI=1S/C19H15FN4O2S/c1-10-7-11(2)22-18-15(10)16-17(27-18)19(26)24(9-21-16)8-14(25)23-13-5-3-12(20)4-6-13/h3-7,9H,8H2,1-2H3,(H,23,25). The summed E-state index contributed by atoms with van der Waals surface area (Å²) in [5.74, 6) is -0.779. The number of halogens is 1. The lowest BCUT2D eigenvalue weighted by molar-refractivity contribution is -0.116. The summed E-state index contributed by atoms with van der Waals surface area (Å²) in [6.45, 7) is 3.69. The third-order valence-corrected chi connectivity index (χ3v) is 5.25. The van der Waals surface area contributed by atoms with Crippen LogP contribution in [0.25, 0.3) is 20.4 Å². The Bertz CT molecular complexity index is 1240. The van der Waals surface area contributed by atoms with E-state index in [2.05, 4.69) is 15.3 Å². The second-order valence-corrected chi connectivity index (χ2v) is 7.27. The largest absolute Gasteiger partial charge is 0.325 e. The zero-order valence-electron chi connectivity index (χ0n) is 14.6. The van der Waals surface area contributed by atoms with Crippen LogP contribution in [0.15, 0.2) is 41.5 Å². The number of aryl methyl sites for hydroxylation is 2. The van der Waals surface area contributed by atoms with E-state index in [0.717, 1.165) is 21.5 Å². The van der Waals surface area contributed by atoms with E-state index in [1.54, 1.807) is 0 Å². The minimum absolute atomic E-state index is 0.182. The number of nitrogens with zero attached hydrogens (tertiary/aromatic N) is 3. The number of hydrogen-bond donors (Lipinski definition) is 1. The average Bonchev–Trinajstić information content (AvgIpc) is 2.99. The predicted molar refractivity (Wildman–Crippen MR) is 104 cm³/mol. The van der Waals surface area contributed by atoms with E-state index in [1.165, 1.54) is 46.5 Å². The van der Waals surface area contributed by atoms with Crippen LogP contribution in [0.2, 0.25) is 0 Å². The van der Waals surface area contributed by atoms with Gasteiger partial charge >= 0.3 is 0 Å². The Morgan fingerprint density at radius 2 is 2.00 bits per heavy atom. The normalized spacial score (nSPS) is 11.2. The molecule has 1 aromatic carbocycles. The highest BCUT2D eigenvalue weighted by atomic mass is 32.1. The number of fused-ring (bicyclic) bond motifs is 3. The second-order valence-electron chi connectivity index (χ2n) is 6.27. The van der Waals surface area contributed by atoms with Crippen LogP contribution in [0, 0.1) is 19.7 Å². The number of thiophene rings is 1. The van der Waals surface area contributed by atoms with E-state index in [4.69, 9.17) is 0 Å². The molecule has 27 heavy (non-hydrogen) atoms. The van der Waals surface area contributed by atoms with Gasteiger partial charge in [0.15, 0.2) is 0 Å². The number of amides is 1. The van der Waals surface area contributed by atoms with Crippen molar-refractivity contribution in [1.29, 1.82) is 0 Å². The van der Waals surface area contributed by atoms with Gasteiger partial charge in [-0.15, -0.1) is 11.3 Å². The molecule has 0 aliphatic heterocycles. The van der Waals surface area contributed by atoms with Gasteiger partial charge < -0.3 is 5.32 Å². The van der Waals surface area contributed by atoms with Gasteiger partial charge in [-0.1, -0.05) is 0 Å². The highest BCUT2D eigenvalue weighted by Gasteiger charge is 2.16. The first kappa shape index (κ1) is 17.3. The monoisotopic (exact) mass is 382 g/mol. The maximum atomic E-state index is 12.9. The summed E-state index contributed by atoms with van der Waals surface area (Å²) >= 11 is 1.28. The first-order valence-electron chi connectivity index (χ1n) is 8.23. The number of nitrogens with one attached hydrogen (secondary N) is 1. The minimum atomic E-state index is -0.392. The SMILES string of the molecule is Cc1cc(C)c2c(n1)sc1c(=O)n(CC(=O)Nc3ccc(F)cc3)cnc12. The highest BCUT2D eigenvalue weighted by molar-refractivity contribution is 7.25. The molecule has 6 nitrogen and oxygen atoms in total. The molecule has 0 unspecified atom stereocenters.